The number of carbonyl (C=O) groups excluding carboxylic acids is 1. The number of carbonyl (C=O) groups is 1. The van der Waals surface area contributed by atoms with Gasteiger partial charge in [0.1, 0.15) is 6.10 Å². The predicted molar refractivity (Wildman–Crippen MR) is 134 cm³/mol. The lowest BCUT2D eigenvalue weighted by Crippen LogP contribution is -2.30. The molecule has 4 nitrogen and oxygen atoms in total. The van der Waals surface area contributed by atoms with Crippen LogP contribution in [0.4, 0.5) is 13.2 Å². The molecule has 0 N–H and O–H groups in total. The number of Topliss-reactive ketones (excluding diaryl/α,β-unsaturated/α-hetero) is 1. The van der Waals surface area contributed by atoms with Crippen molar-refractivity contribution in [1.29, 1.82) is 0 Å². The van der Waals surface area contributed by atoms with Crippen molar-refractivity contribution in [2.24, 2.45) is 0 Å². The van der Waals surface area contributed by atoms with Gasteiger partial charge in [0.2, 0.25) is 5.88 Å². The fourth-order valence-electron chi connectivity index (χ4n) is 4.66. The van der Waals surface area contributed by atoms with E-state index in [4.69, 9.17) is 4.74 Å². The minimum atomic E-state index is -4.65. The van der Waals surface area contributed by atoms with E-state index >= 15 is 0 Å². The number of ketones is 1. The van der Waals surface area contributed by atoms with Crippen LogP contribution in [0.5, 0.6) is 5.88 Å². The average molecular weight is 555 g/mol. The zero-order chi connectivity index (χ0) is 25.3. The number of ether oxygens (including phenoxy) is 1. The summed E-state index contributed by atoms with van der Waals surface area (Å²) in [6.07, 6.45) is -4.55. The second-order valence-electron chi connectivity index (χ2n) is 8.81. The number of fused-ring (bicyclic) bond motifs is 1. The highest BCUT2D eigenvalue weighted by Crippen LogP contribution is 2.47. The van der Waals surface area contributed by atoms with Crippen LogP contribution in [0.25, 0.3) is 5.69 Å². The largest absolute Gasteiger partial charge is 0.474 e. The molecule has 0 aliphatic carbocycles. The van der Waals surface area contributed by atoms with Crippen molar-refractivity contribution in [2.45, 2.75) is 37.5 Å². The lowest BCUT2D eigenvalue weighted by molar-refractivity contribution is -0.142. The van der Waals surface area contributed by atoms with Gasteiger partial charge in [-0.3, -0.25) is 4.79 Å². The van der Waals surface area contributed by atoms with Crippen LogP contribution < -0.4 is 4.74 Å². The van der Waals surface area contributed by atoms with Crippen molar-refractivity contribution >= 4 is 21.7 Å². The molecule has 0 saturated heterocycles. The molecule has 3 aromatic carbocycles. The lowest BCUT2D eigenvalue weighted by Gasteiger charge is -2.31. The van der Waals surface area contributed by atoms with E-state index < -0.39 is 23.9 Å². The Kier molecular flexibility index (Phi) is 6.71. The van der Waals surface area contributed by atoms with Crippen LogP contribution in [-0.2, 0) is 12.6 Å². The molecular formula is C28H22BrF3N2O2. The molecule has 1 aliphatic rings. The summed E-state index contributed by atoms with van der Waals surface area (Å²) < 4.78 is 50.8. The molecule has 0 saturated carbocycles. The summed E-state index contributed by atoms with van der Waals surface area (Å²) in [4.78, 5) is 13.0. The van der Waals surface area contributed by atoms with Crippen molar-refractivity contribution in [3.8, 4) is 11.6 Å². The molecule has 0 unspecified atom stereocenters. The quantitative estimate of drug-likeness (QED) is 0.233. The van der Waals surface area contributed by atoms with Crippen molar-refractivity contribution in [3.05, 3.63) is 112 Å². The first kappa shape index (κ1) is 24.3. The average Bonchev–Trinajstić information content (AvgIpc) is 3.26. The number of hydrogen-bond acceptors (Lipinski definition) is 3. The topological polar surface area (TPSA) is 44.1 Å². The molecule has 1 aliphatic heterocycles. The van der Waals surface area contributed by atoms with Crippen LogP contribution in [0.2, 0.25) is 0 Å². The maximum Gasteiger partial charge on any atom is 0.435 e. The molecule has 0 amide bonds. The van der Waals surface area contributed by atoms with Gasteiger partial charge in [-0.15, -0.1) is 0 Å². The number of nitrogens with zero attached hydrogens (tertiary/aromatic N) is 2. The molecule has 0 radical (unpaired) electrons. The molecule has 0 spiro atoms. The smallest absolute Gasteiger partial charge is 0.435 e. The molecule has 8 heteroatoms. The third-order valence-corrected chi connectivity index (χ3v) is 6.81. The highest BCUT2D eigenvalue weighted by Gasteiger charge is 2.45. The molecule has 184 valence electrons. The van der Waals surface area contributed by atoms with Crippen molar-refractivity contribution in [3.63, 3.8) is 0 Å². The van der Waals surface area contributed by atoms with Crippen LogP contribution in [0.1, 0.15) is 45.9 Å². The summed E-state index contributed by atoms with van der Waals surface area (Å²) >= 11 is 3.36. The fourth-order valence-corrected chi connectivity index (χ4v) is 4.92. The summed E-state index contributed by atoms with van der Waals surface area (Å²) in [5.74, 6) is -0.599. The van der Waals surface area contributed by atoms with Gasteiger partial charge in [-0.1, -0.05) is 76.6 Å². The molecule has 1 aromatic heterocycles. The van der Waals surface area contributed by atoms with Gasteiger partial charge >= 0.3 is 6.18 Å². The van der Waals surface area contributed by atoms with Gasteiger partial charge in [0, 0.05) is 16.5 Å². The lowest BCUT2D eigenvalue weighted by atomic mass is 9.84. The minimum absolute atomic E-state index is 0.0440. The summed E-state index contributed by atoms with van der Waals surface area (Å²) in [6, 6.07) is 25.0. The number of para-hydroxylation sites is 1. The number of alkyl halides is 3. The second kappa shape index (κ2) is 9.93. The normalized spacial score (nSPS) is 17.3. The molecule has 5 rings (SSSR count). The van der Waals surface area contributed by atoms with E-state index in [2.05, 4.69) is 21.0 Å². The van der Waals surface area contributed by atoms with Gasteiger partial charge < -0.3 is 4.74 Å². The third kappa shape index (κ3) is 5.09. The zero-order valence-electron chi connectivity index (χ0n) is 19.1. The fraction of sp³-hybridized carbons (Fsp3) is 0.214. The minimum Gasteiger partial charge on any atom is -0.474 e. The Hall–Kier alpha value is -3.39. The summed E-state index contributed by atoms with van der Waals surface area (Å²) in [6.45, 7) is 0. The molecule has 2 heterocycles. The van der Waals surface area contributed by atoms with Crippen molar-refractivity contribution in [2.75, 3.05) is 0 Å². The van der Waals surface area contributed by atoms with Gasteiger partial charge in [-0.05, 0) is 48.6 Å². The van der Waals surface area contributed by atoms with Crippen LogP contribution in [-0.4, -0.2) is 21.7 Å². The van der Waals surface area contributed by atoms with Gasteiger partial charge in [0.25, 0.3) is 0 Å². The van der Waals surface area contributed by atoms with E-state index in [0.717, 1.165) is 10.0 Å². The number of benzene rings is 3. The Bertz CT molecular complexity index is 1350. The Morgan fingerprint density at radius 3 is 2.25 bits per heavy atom. The first-order valence-corrected chi connectivity index (χ1v) is 12.3. The Morgan fingerprint density at radius 2 is 1.61 bits per heavy atom. The maximum absolute atomic E-state index is 14.2. The van der Waals surface area contributed by atoms with Crippen LogP contribution in [0, 0.1) is 0 Å². The number of aromatic nitrogens is 2. The first-order chi connectivity index (χ1) is 17.3. The molecule has 36 heavy (non-hydrogen) atoms. The van der Waals surface area contributed by atoms with Crippen LogP contribution in [0.3, 0.4) is 0 Å². The zero-order valence-corrected chi connectivity index (χ0v) is 20.7. The molecular weight excluding hydrogens is 533 g/mol. The number of hydrogen-bond donors (Lipinski definition) is 0. The van der Waals surface area contributed by atoms with Gasteiger partial charge in [0.05, 0.1) is 11.3 Å². The van der Waals surface area contributed by atoms with E-state index in [-0.39, 0.29) is 30.1 Å². The molecule has 0 fully saturated rings. The van der Waals surface area contributed by atoms with Crippen molar-refractivity contribution in [1.82, 2.24) is 9.78 Å². The first-order valence-electron chi connectivity index (χ1n) is 11.5. The van der Waals surface area contributed by atoms with E-state index in [1.807, 2.05) is 30.3 Å². The van der Waals surface area contributed by atoms with Crippen LogP contribution in [0.15, 0.2) is 89.4 Å². The van der Waals surface area contributed by atoms with E-state index in [1.54, 1.807) is 54.6 Å². The van der Waals surface area contributed by atoms with E-state index in [0.29, 0.717) is 17.7 Å². The van der Waals surface area contributed by atoms with Crippen molar-refractivity contribution < 1.29 is 22.7 Å². The standard InChI is InChI=1S/C28H22BrF3N2O2/c29-21-13-11-19(12-14-21)24(35)17-23-16-20(15-18-7-3-1-4-8-18)25-26(28(30,31)32)33-34(27(25)36-23)22-9-5-2-6-10-22/h1-14,20,23H,15-17H2/t20-,23+/m1/s1. The maximum atomic E-state index is 14.2. The molecule has 2 atom stereocenters. The Labute approximate surface area is 214 Å². The Balaban J connectivity index is 1.56. The molecule has 0 bridgehead atoms. The van der Waals surface area contributed by atoms with Gasteiger partial charge in [-0.25, -0.2) is 4.68 Å². The SMILES string of the molecule is O=C(C[C@@H]1C[C@@H](Cc2ccccc2)c2c(C(F)(F)F)nn(-c3ccccc3)c2O1)c1ccc(Br)cc1. The Morgan fingerprint density at radius 1 is 0.972 bits per heavy atom. The summed E-state index contributed by atoms with van der Waals surface area (Å²) in [5, 5.41) is 3.98. The van der Waals surface area contributed by atoms with Gasteiger partial charge in [0.15, 0.2) is 11.5 Å². The van der Waals surface area contributed by atoms with E-state index in [9.17, 15) is 18.0 Å². The summed E-state index contributed by atoms with van der Waals surface area (Å²) in [7, 11) is 0. The number of halogens is 4. The number of rotatable bonds is 6. The van der Waals surface area contributed by atoms with Gasteiger partial charge in [-0.2, -0.15) is 18.3 Å². The monoisotopic (exact) mass is 554 g/mol. The summed E-state index contributed by atoms with van der Waals surface area (Å²) in [5.41, 5.74) is 0.999. The highest BCUT2D eigenvalue weighted by molar-refractivity contribution is 9.10. The predicted octanol–water partition coefficient (Wildman–Crippen LogP) is 7.40. The second-order valence-corrected chi connectivity index (χ2v) is 9.72. The third-order valence-electron chi connectivity index (χ3n) is 6.29. The van der Waals surface area contributed by atoms with E-state index in [1.165, 1.54) is 4.68 Å². The highest BCUT2D eigenvalue weighted by atomic mass is 79.9. The van der Waals surface area contributed by atoms with Crippen LogP contribution >= 0.6 is 15.9 Å². The molecule has 4 aromatic rings.